The van der Waals surface area contributed by atoms with Crippen LogP contribution in [0, 0.1) is 5.92 Å². The third-order valence-electron chi connectivity index (χ3n) is 3.75. The minimum atomic E-state index is -0.672. The van der Waals surface area contributed by atoms with Crippen LogP contribution in [0.2, 0.25) is 0 Å². The van der Waals surface area contributed by atoms with Gasteiger partial charge in [0.05, 0.1) is 26.4 Å². The highest BCUT2D eigenvalue weighted by atomic mass is 16.5. The first kappa shape index (κ1) is 18.4. The van der Waals surface area contributed by atoms with Gasteiger partial charge in [0.1, 0.15) is 5.54 Å². The van der Waals surface area contributed by atoms with E-state index in [9.17, 15) is 4.79 Å². The van der Waals surface area contributed by atoms with Crippen molar-refractivity contribution in [2.75, 3.05) is 39.6 Å². The summed E-state index contributed by atoms with van der Waals surface area (Å²) < 4.78 is 16.4. The van der Waals surface area contributed by atoms with E-state index >= 15 is 0 Å². The van der Waals surface area contributed by atoms with Gasteiger partial charge in [-0.15, -0.1) is 0 Å². The van der Waals surface area contributed by atoms with Crippen molar-refractivity contribution >= 4 is 5.97 Å². The van der Waals surface area contributed by atoms with Gasteiger partial charge in [0.25, 0.3) is 0 Å². The Labute approximate surface area is 128 Å². The summed E-state index contributed by atoms with van der Waals surface area (Å²) in [5.74, 6) is 0.152. The van der Waals surface area contributed by atoms with Gasteiger partial charge in [-0.25, -0.2) is 4.79 Å². The predicted octanol–water partition coefficient (Wildman–Crippen LogP) is 2.14. The number of likely N-dealkylation sites (N-methyl/N-ethyl adjacent to an activating group) is 1. The molecule has 5 nitrogen and oxygen atoms in total. The minimum absolute atomic E-state index is 0.179. The van der Waals surface area contributed by atoms with E-state index in [1.165, 1.54) is 0 Å². The molecule has 1 N–H and O–H groups in total. The van der Waals surface area contributed by atoms with Gasteiger partial charge in [0.2, 0.25) is 0 Å². The number of nitrogens with one attached hydrogen (secondary N) is 1. The summed E-state index contributed by atoms with van der Waals surface area (Å²) in [6.45, 7) is 9.34. The van der Waals surface area contributed by atoms with E-state index in [1.807, 2.05) is 13.8 Å². The molecule has 1 fully saturated rings. The Morgan fingerprint density at radius 1 is 1.14 bits per heavy atom. The van der Waals surface area contributed by atoms with E-state index < -0.39 is 5.54 Å². The average molecular weight is 301 g/mol. The van der Waals surface area contributed by atoms with Crippen molar-refractivity contribution in [1.29, 1.82) is 0 Å². The Morgan fingerprint density at radius 3 is 2.43 bits per heavy atom. The van der Waals surface area contributed by atoms with E-state index in [1.54, 1.807) is 0 Å². The Balaban J connectivity index is 2.40. The standard InChI is InChI=1S/C16H31NO4/c1-4-7-10-19-11-12-20-13-16(17-5-2,14-8-9-14)15(18)21-6-3/h14,17H,4-13H2,1-3H3. The second-order valence-electron chi connectivity index (χ2n) is 5.51. The Morgan fingerprint density at radius 2 is 1.86 bits per heavy atom. The maximum Gasteiger partial charge on any atom is 0.329 e. The predicted molar refractivity (Wildman–Crippen MR) is 82.3 cm³/mol. The summed E-state index contributed by atoms with van der Waals surface area (Å²) in [5.41, 5.74) is -0.672. The lowest BCUT2D eigenvalue weighted by molar-refractivity contribution is -0.156. The molecule has 1 rings (SSSR count). The van der Waals surface area contributed by atoms with Gasteiger partial charge in [-0.1, -0.05) is 20.3 Å². The highest BCUT2D eigenvalue weighted by Gasteiger charge is 2.51. The number of carbonyl (C=O) groups is 1. The van der Waals surface area contributed by atoms with Crippen molar-refractivity contribution < 1.29 is 19.0 Å². The van der Waals surface area contributed by atoms with Gasteiger partial charge < -0.3 is 14.2 Å². The maximum absolute atomic E-state index is 12.3. The molecule has 5 heteroatoms. The second-order valence-corrected chi connectivity index (χ2v) is 5.51. The fourth-order valence-electron chi connectivity index (χ4n) is 2.46. The fourth-order valence-corrected chi connectivity index (χ4v) is 2.46. The van der Waals surface area contributed by atoms with E-state index in [0.29, 0.717) is 32.3 Å². The third-order valence-corrected chi connectivity index (χ3v) is 3.75. The lowest BCUT2D eigenvalue weighted by Gasteiger charge is -2.32. The molecule has 0 spiro atoms. The molecule has 0 aliphatic heterocycles. The molecule has 1 aliphatic rings. The van der Waals surface area contributed by atoms with Crippen LogP contribution in [-0.2, 0) is 19.0 Å². The molecule has 0 radical (unpaired) electrons. The molecule has 0 saturated heterocycles. The lowest BCUT2D eigenvalue weighted by Crippen LogP contribution is -2.58. The van der Waals surface area contributed by atoms with Crippen LogP contribution in [-0.4, -0.2) is 51.1 Å². The molecule has 0 amide bonds. The summed E-state index contributed by atoms with van der Waals surface area (Å²) in [7, 11) is 0. The van der Waals surface area contributed by atoms with Crippen LogP contribution in [0.1, 0.15) is 46.5 Å². The SMILES string of the molecule is CCCCOCCOCC(NCC)(C(=O)OCC)C1CC1. The number of rotatable bonds is 13. The Kier molecular flexibility index (Phi) is 8.88. The van der Waals surface area contributed by atoms with Crippen molar-refractivity contribution in [3.05, 3.63) is 0 Å². The topological polar surface area (TPSA) is 56.8 Å². The summed E-state index contributed by atoms with van der Waals surface area (Å²) >= 11 is 0. The van der Waals surface area contributed by atoms with Crippen molar-refractivity contribution in [1.82, 2.24) is 5.32 Å². The van der Waals surface area contributed by atoms with Gasteiger partial charge in [-0.2, -0.15) is 0 Å². The molecule has 1 aliphatic carbocycles. The van der Waals surface area contributed by atoms with Crippen LogP contribution in [0.25, 0.3) is 0 Å². The molecule has 0 aromatic carbocycles. The first-order valence-corrected chi connectivity index (χ1v) is 8.29. The van der Waals surface area contributed by atoms with Crippen LogP contribution < -0.4 is 5.32 Å². The number of carbonyl (C=O) groups excluding carboxylic acids is 1. The summed E-state index contributed by atoms with van der Waals surface area (Å²) in [6, 6.07) is 0. The van der Waals surface area contributed by atoms with Gasteiger partial charge >= 0.3 is 5.97 Å². The van der Waals surface area contributed by atoms with E-state index in [-0.39, 0.29) is 5.97 Å². The highest BCUT2D eigenvalue weighted by Crippen LogP contribution is 2.40. The van der Waals surface area contributed by atoms with Gasteiger partial charge in [-0.3, -0.25) is 5.32 Å². The van der Waals surface area contributed by atoms with Gasteiger partial charge in [0, 0.05) is 6.61 Å². The summed E-state index contributed by atoms with van der Waals surface area (Å²) in [5, 5.41) is 3.31. The fraction of sp³-hybridized carbons (Fsp3) is 0.938. The average Bonchev–Trinajstić information content (AvgIpc) is 3.30. The zero-order chi connectivity index (χ0) is 15.6. The zero-order valence-electron chi connectivity index (χ0n) is 13.8. The lowest BCUT2D eigenvalue weighted by atomic mass is 9.94. The number of hydrogen-bond donors (Lipinski definition) is 1. The number of esters is 1. The van der Waals surface area contributed by atoms with E-state index in [4.69, 9.17) is 14.2 Å². The van der Waals surface area contributed by atoms with Crippen LogP contribution >= 0.6 is 0 Å². The summed E-state index contributed by atoms with van der Waals surface area (Å²) in [4.78, 5) is 12.3. The van der Waals surface area contributed by atoms with Crippen molar-refractivity contribution in [3.8, 4) is 0 Å². The third kappa shape index (κ3) is 5.93. The molecule has 0 aromatic rings. The van der Waals surface area contributed by atoms with Gasteiger partial charge in [-0.05, 0) is 38.6 Å². The zero-order valence-corrected chi connectivity index (χ0v) is 13.8. The molecule has 1 saturated carbocycles. The highest BCUT2D eigenvalue weighted by molar-refractivity contribution is 5.82. The van der Waals surface area contributed by atoms with Crippen LogP contribution in [0.15, 0.2) is 0 Å². The van der Waals surface area contributed by atoms with Crippen molar-refractivity contribution in [2.24, 2.45) is 5.92 Å². The number of hydrogen-bond acceptors (Lipinski definition) is 5. The molecule has 0 aromatic heterocycles. The molecule has 0 heterocycles. The monoisotopic (exact) mass is 301 g/mol. The first-order valence-electron chi connectivity index (χ1n) is 8.29. The largest absolute Gasteiger partial charge is 0.465 e. The molecule has 124 valence electrons. The Bertz CT molecular complexity index is 294. The van der Waals surface area contributed by atoms with Crippen LogP contribution in [0.5, 0.6) is 0 Å². The summed E-state index contributed by atoms with van der Waals surface area (Å²) in [6.07, 6.45) is 4.32. The maximum atomic E-state index is 12.3. The number of unbranched alkanes of at least 4 members (excludes halogenated alkanes) is 1. The van der Waals surface area contributed by atoms with Gasteiger partial charge in [0.15, 0.2) is 0 Å². The van der Waals surface area contributed by atoms with E-state index in [0.717, 1.165) is 38.8 Å². The molecular weight excluding hydrogens is 270 g/mol. The quantitative estimate of drug-likeness (QED) is 0.417. The molecular formula is C16H31NO4. The molecule has 21 heavy (non-hydrogen) atoms. The molecule has 1 atom stereocenters. The Hall–Kier alpha value is -0.650. The molecule has 1 unspecified atom stereocenters. The second kappa shape index (κ2) is 10.1. The number of ether oxygens (including phenoxy) is 3. The van der Waals surface area contributed by atoms with Crippen molar-refractivity contribution in [2.45, 2.75) is 52.0 Å². The first-order chi connectivity index (χ1) is 10.2. The van der Waals surface area contributed by atoms with E-state index in [2.05, 4.69) is 12.2 Å². The normalized spacial score (nSPS) is 17.5. The van der Waals surface area contributed by atoms with Crippen molar-refractivity contribution in [3.63, 3.8) is 0 Å². The van der Waals surface area contributed by atoms with Crippen LogP contribution in [0.3, 0.4) is 0 Å². The van der Waals surface area contributed by atoms with Crippen LogP contribution in [0.4, 0.5) is 0 Å². The molecule has 0 bridgehead atoms. The smallest absolute Gasteiger partial charge is 0.329 e. The minimum Gasteiger partial charge on any atom is -0.465 e.